The third-order valence-corrected chi connectivity index (χ3v) is 3.89. The molecule has 0 aliphatic heterocycles. The smallest absolute Gasteiger partial charge is 0.282 e. The number of hydrogen-bond acceptors (Lipinski definition) is 2. The average Bonchev–Trinajstić information content (AvgIpc) is 2.16. The highest BCUT2D eigenvalue weighted by Crippen LogP contribution is 2.23. The van der Waals surface area contributed by atoms with Gasteiger partial charge in [0.2, 0.25) is 0 Å². The Kier molecular flexibility index (Phi) is 2.70. The van der Waals surface area contributed by atoms with E-state index in [9.17, 15) is 8.42 Å². The molecule has 0 saturated carbocycles. The second-order valence-corrected chi connectivity index (χ2v) is 5.68. The van der Waals surface area contributed by atoms with Gasteiger partial charge in [0, 0.05) is 3.57 Å². The summed E-state index contributed by atoms with van der Waals surface area (Å²) in [7, 11) is -4.11. The minimum atomic E-state index is -4.11. The monoisotopic (exact) mass is 334 g/mol. The van der Waals surface area contributed by atoms with Crippen LogP contribution in [0.2, 0.25) is 0 Å². The standard InChI is InChI=1S/C10H7IO3S/c11-10-3-1-2-7-4-5-8(6-9(7)10)15(12,13)14/h1-6H,(H,12,13,14). The largest absolute Gasteiger partial charge is 0.294 e. The molecule has 0 aromatic heterocycles. The van der Waals surface area contributed by atoms with Gasteiger partial charge < -0.3 is 0 Å². The van der Waals surface area contributed by atoms with Crippen molar-refractivity contribution >= 4 is 43.5 Å². The first-order valence-electron chi connectivity index (χ1n) is 4.14. The fourth-order valence-corrected chi connectivity index (χ4v) is 2.56. The molecule has 15 heavy (non-hydrogen) atoms. The Morgan fingerprint density at radius 1 is 1.13 bits per heavy atom. The third kappa shape index (κ3) is 2.14. The lowest BCUT2D eigenvalue weighted by Crippen LogP contribution is -1.97. The minimum Gasteiger partial charge on any atom is -0.282 e. The first-order valence-corrected chi connectivity index (χ1v) is 6.66. The molecule has 5 heteroatoms. The van der Waals surface area contributed by atoms with E-state index >= 15 is 0 Å². The van der Waals surface area contributed by atoms with Crippen LogP contribution in [0.1, 0.15) is 0 Å². The molecule has 0 heterocycles. The van der Waals surface area contributed by atoms with Crippen LogP contribution in [0.4, 0.5) is 0 Å². The van der Waals surface area contributed by atoms with Crippen LogP contribution in [0.3, 0.4) is 0 Å². The summed E-state index contributed by atoms with van der Waals surface area (Å²) in [4.78, 5) is -0.0703. The summed E-state index contributed by atoms with van der Waals surface area (Å²) in [5, 5.41) is 1.78. The van der Waals surface area contributed by atoms with Crippen molar-refractivity contribution in [3.8, 4) is 0 Å². The lowest BCUT2D eigenvalue weighted by Gasteiger charge is -2.02. The third-order valence-electron chi connectivity index (χ3n) is 2.10. The van der Waals surface area contributed by atoms with Gasteiger partial charge in [0.15, 0.2) is 0 Å². The van der Waals surface area contributed by atoms with Crippen molar-refractivity contribution < 1.29 is 13.0 Å². The summed E-state index contributed by atoms with van der Waals surface area (Å²) in [5.41, 5.74) is 0. The van der Waals surface area contributed by atoms with E-state index in [1.54, 1.807) is 6.07 Å². The molecule has 2 aromatic rings. The first kappa shape index (κ1) is 10.8. The molecule has 1 N–H and O–H groups in total. The van der Waals surface area contributed by atoms with E-state index in [0.29, 0.717) is 0 Å². The van der Waals surface area contributed by atoms with Crippen LogP contribution in [0.5, 0.6) is 0 Å². The maximum absolute atomic E-state index is 10.9. The van der Waals surface area contributed by atoms with Gasteiger partial charge in [-0.2, -0.15) is 8.42 Å². The zero-order valence-corrected chi connectivity index (χ0v) is 10.5. The fourth-order valence-electron chi connectivity index (χ4n) is 1.37. The van der Waals surface area contributed by atoms with E-state index in [2.05, 4.69) is 22.6 Å². The molecule has 0 spiro atoms. The van der Waals surface area contributed by atoms with Crippen molar-refractivity contribution in [3.63, 3.8) is 0 Å². The highest BCUT2D eigenvalue weighted by atomic mass is 127. The van der Waals surface area contributed by atoms with Gasteiger partial charge in [-0.3, -0.25) is 4.55 Å². The summed E-state index contributed by atoms with van der Waals surface area (Å²) < 4.78 is 31.7. The van der Waals surface area contributed by atoms with E-state index in [1.165, 1.54) is 12.1 Å². The van der Waals surface area contributed by atoms with Gasteiger partial charge in [-0.15, -0.1) is 0 Å². The molecular formula is C10H7IO3S. The SMILES string of the molecule is O=S(=O)(O)c1ccc2cccc(I)c2c1. The molecule has 0 fully saturated rings. The molecule has 78 valence electrons. The Balaban J connectivity index is 2.81. The number of fused-ring (bicyclic) bond motifs is 1. The molecule has 0 unspecified atom stereocenters. The van der Waals surface area contributed by atoms with Crippen molar-refractivity contribution in [2.75, 3.05) is 0 Å². The summed E-state index contributed by atoms with van der Waals surface area (Å²) >= 11 is 2.13. The van der Waals surface area contributed by atoms with Crippen LogP contribution >= 0.6 is 22.6 Å². The van der Waals surface area contributed by atoms with Gasteiger partial charge >= 0.3 is 0 Å². The predicted octanol–water partition coefficient (Wildman–Crippen LogP) is 2.69. The van der Waals surface area contributed by atoms with Crippen LogP contribution in [0.25, 0.3) is 10.8 Å². The second kappa shape index (κ2) is 3.73. The van der Waals surface area contributed by atoms with Crippen molar-refractivity contribution in [3.05, 3.63) is 40.0 Å². The number of rotatable bonds is 1. The molecule has 0 bridgehead atoms. The van der Waals surface area contributed by atoms with E-state index in [0.717, 1.165) is 14.3 Å². The molecule has 0 aliphatic carbocycles. The van der Waals surface area contributed by atoms with Gasteiger partial charge in [0.25, 0.3) is 10.1 Å². The molecule has 0 saturated heterocycles. The minimum absolute atomic E-state index is 0.0703. The van der Waals surface area contributed by atoms with Crippen molar-refractivity contribution in [2.24, 2.45) is 0 Å². The van der Waals surface area contributed by atoms with E-state index in [-0.39, 0.29) is 4.90 Å². The van der Waals surface area contributed by atoms with E-state index in [4.69, 9.17) is 4.55 Å². The van der Waals surface area contributed by atoms with Crippen LogP contribution < -0.4 is 0 Å². The number of halogens is 1. The average molecular weight is 334 g/mol. The summed E-state index contributed by atoms with van der Waals surface area (Å²) in [6.07, 6.45) is 0. The topological polar surface area (TPSA) is 54.4 Å². The Bertz CT molecular complexity index is 620. The quantitative estimate of drug-likeness (QED) is 0.644. The Morgan fingerprint density at radius 2 is 1.87 bits per heavy atom. The Labute approximate surface area is 101 Å². The van der Waals surface area contributed by atoms with Crippen molar-refractivity contribution in [2.45, 2.75) is 4.90 Å². The van der Waals surface area contributed by atoms with Gasteiger partial charge in [0.05, 0.1) is 4.90 Å². The highest BCUT2D eigenvalue weighted by Gasteiger charge is 2.10. The molecule has 0 radical (unpaired) electrons. The van der Waals surface area contributed by atoms with Crippen LogP contribution in [0, 0.1) is 3.57 Å². The molecular weight excluding hydrogens is 327 g/mol. The van der Waals surface area contributed by atoms with Gasteiger partial charge in [-0.25, -0.2) is 0 Å². The maximum atomic E-state index is 10.9. The van der Waals surface area contributed by atoms with Crippen molar-refractivity contribution in [1.29, 1.82) is 0 Å². The zero-order valence-electron chi connectivity index (χ0n) is 7.51. The molecule has 0 aliphatic rings. The fraction of sp³-hybridized carbons (Fsp3) is 0. The Morgan fingerprint density at radius 3 is 2.53 bits per heavy atom. The van der Waals surface area contributed by atoms with Crippen LogP contribution in [-0.2, 0) is 10.1 Å². The summed E-state index contributed by atoms with van der Waals surface area (Å²) in [6.45, 7) is 0. The maximum Gasteiger partial charge on any atom is 0.294 e. The van der Waals surface area contributed by atoms with Gasteiger partial charge in [0.1, 0.15) is 0 Å². The highest BCUT2D eigenvalue weighted by molar-refractivity contribution is 14.1. The van der Waals surface area contributed by atoms with Gasteiger partial charge in [-0.05, 0) is 51.6 Å². The molecule has 0 amide bonds. The zero-order chi connectivity index (χ0) is 11.1. The lowest BCUT2D eigenvalue weighted by molar-refractivity contribution is 0.483. The summed E-state index contributed by atoms with van der Waals surface area (Å²) in [5.74, 6) is 0. The number of benzene rings is 2. The number of hydrogen-bond donors (Lipinski definition) is 1. The predicted molar refractivity (Wildman–Crippen MR) is 66.5 cm³/mol. The van der Waals surface area contributed by atoms with E-state index < -0.39 is 10.1 Å². The van der Waals surface area contributed by atoms with E-state index in [1.807, 2.05) is 18.2 Å². The van der Waals surface area contributed by atoms with Crippen LogP contribution in [0.15, 0.2) is 41.3 Å². The lowest BCUT2D eigenvalue weighted by atomic mass is 10.1. The van der Waals surface area contributed by atoms with Gasteiger partial charge in [-0.1, -0.05) is 18.2 Å². The Hall–Kier alpha value is -0.660. The molecule has 2 rings (SSSR count). The van der Waals surface area contributed by atoms with Crippen LogP contribution in [-0.4, -0.2) is 13.0 Å². The second-order valence-electron chi connectivity index (χ2n) is 3.10. The molecule has 0 atom stereocenters. The normalized spacial score (nSPS) is 11.9. The molecule has 2 aromatic carbocycles. The first-order chi connectivity index (χ1) is 6.98. The summed E-state index contributed by atoms with van der Waals surface area (Å²) in [6, 6.07) is 10.2. The van der Waals surface area contributed by atoms with Crippen molar-refractivity contribution in [1.82, 2.24) is 0 Å². The molecule has 3 nitrogen and oxygen atoms in total.